The zero-order chi connectivity index (χ0) is 13.5. The largest absolute Gasteiger partial charge is 0.354 e. The quantitative estimate of drug-likeness (QED) is 0.832. The predicted molar refractivity (Wildman–Crippen MR) is 75.6 cm³/mol. The molecule has 100 valence electrons. The van der Waals surface area contributed by atoms with Crippen LogP contribution >= 0.6 is 11.6 Å². The zero-order valence-corrected chi connectivity index (χ0v) is 11.7. The van der Waals surface area contributed by atoms with Gasteiger partial charge in [-0.3, -0.25) is 4.79 Å². The summed E-state index contributed by atoms with van der Waals surface area (Å²) in [5.41, 5.74) is 6.99. The van der Waals surface area contributed by atoms with Gasteiger partial charge in [-0.05, 0) is 30.0 Å². The molecule has 0 bridgehead atoms. The molecule has 1 amide bonds. The summed E-state index contributed by atoms with van der Waals surface area (Å²) in [6.07, 6.45) is 1.70. The van der Waals surface area contributed by atoms with E-state index in [9.17, 15) is 4.79 Å². The van der Waals surface area contributed by atoms with Crippen LogP contribution in [0.25, 0.3) is 0 Å². The number of hydrogen-bond donors (Lipinski definition) is 2. The van der Waals surface area contributed by atoms with E-state index in [1.165, 1.54) is 0 Å². The van der Waals surface area contributed by atoms with Gasteiger partial charge in [-0.15, -0.1) is 0 Å². The van der Waals surface area contributed by atoms with E-state index in [4.69, 9.17) is 17.3 Å². The van der Waals surface area contributed by atoms with Gasteiger partial charge in [0.05, 0.1) is 6.04 Å². The Kier molecular flexibility index (Phi) is 6.16. The summed E-state index contributed by atoms with van der Waals surface area (Å²) < 4.78 is 0. The van der Waals surface area contributed by atoms with Crippen molar-refractivity contribution in [2.24, 2.45) is 11.7 Å². The summed E-state index contributed by atoms with van der Waals surface area (Å²) in [7, 11) is 0. The first kappa shape index (κ1) is 15.0. The molecule has 1 aromatic carbocycles. The van der Waals surface area contributed by atoms with Gasteiger partial charge in [-0.1, -0.05) is 44.0 Å². The number of hydrogen-bond acceptors (Lipinski definition) is 2. The Labute approximate surface area is 114 Å². The molecule has 18 heavy (non-hydrogen) atoms. The minimum Gasteiger partial charge on any atom is -0.354 e. The van der Waals surface area contributed by atoms with Crippen LogP contribution in [0.5, 0.6) is 0 Å². The van der Waals surface area contributed by atoms with Gasteiger partial charge in [-0.2, -0.15) is 0 Å². The third-order valence-corrected chi connectivity index (χ3v) is 3.44. The number of nitrogens with two attached hydrogens (primary N) is 1. The van der Waals surface area contributed by atoms with Crippen molar-refractivity contribution in [2.45, 2.75) is 32.7 Å². The molecule has 1 aromatic rings. The Morgan fingerprint density at radius 1 is 1.39 bits per heavy atom. The maximum atomic E-state index is 11.7. The smallest absolute Gasteiger partial charge is 0.237 e. The number of amides is 1. The summed E-state index contributed by atoms with van der Waals surface area (Å²) in [6.45, 7) is 4.62. The fourth-order valence-electron chi connectivity index (χ4n) is 1.61. The van der Waals surface area contributed by atoms with Gasteiger partial charge >= 0.3 is 0 Å². The fourth-order valence-corrected chi connectivity index (χ4v) is 1.74. The van der Waals surface area contributed by atoms with Crippen LogP contribution in [0.15, 0.2) is 24.3 Å². The standard InChI is InChI=1S/C14H21ClN2O/c1-3-10(2)13(16)14(18)17-9-8-11-4-6-12(15)7-5-11/h4-7,10,13H,3,8-9,16H2,1-2H3,(H,17,18)/t10-,13-/m0/s1. The van der Waals surface area contributed by atoms with Crippen molar-refractivity contribution in [1.82, 2.24) is 5.32 Å². The molecule has 0 fully saturated rings. The first-order valence-corrected chi connectivity index (χ1v) is 6.70. The van der Waals surface area contributed by atoms with Crippen LogP contribution in [0.1, 0.15) is 25.8 Å². The Balaban J connectivity index is 2.33. The minimum atomic E-state index is -0.416. The molecule has 0 aliphatic carbocycles. The summed E-state index contributed by atoms with van der Waals surface area (Å²) in [4.78, 5) is 11.7. The molecular formula is C14H21ClN2O. The van der Waals surface area contributed by atoms with E-state index >= 15 is 0 Å². The highest BCUT2D eigenvalue weighted by molar-refractivity contribution is 6.30. The maximum Gasteiger partial charge on any atom is 0.237 e. The van der Waals surface area contributed by atoms with Crippen molar-refractivity contribution in [2.75, 3.05) is 6.54 Å². The molecule has 0 aliphatic rings. The second-order valence-corrected chi connectivity index (χ2v) is 5.02. The lowest BCUT2D eigenvalue weighted by Crippen LogP contribution is -2.45. The molecule has 0 saturated heterocycles. The molecule has 3 nitrogen and oxygen atoms in total. The number of carbonyl (C=O) groups excluding carboxylic acids is 1. The number of halogens is 1. The highest BCUT2D eigenvalue weighted by Crippen LogP contribution is 2.09. The predicted octanol–water partition coefficient (Wildman–Crippen LogP) is 2.37. The van der Waals surface area contributed by atoms with Gasteiger partial charge < -0.3 is 11.1 Å². The molecule has 0 heterocycles. The molecular weight excluding hydrogens is 248 g/mol. The van der Waals surface area contributed by atoms with Crippen molar-refractivity contribution in [3.05, 3.63) is 34.9 Å². The van der Waals surface area contributed by atoms with Gasteiger partial charge in [0.15, 0.2) is 0 Å². The Hall–Kier alpha value is -1.06. The fraction of sp³-hybridized carbons (Fsp3) is 0.500. The van der Waals surface area contributed by atoms with Crippen LogP contribution < -0.4 is 11.1 Å². The molecule has 4 heteroatoms. The van der Waals surface area contributed by atoms with E-state index < -0.39 is 6.04 Å². The van der Waals surface area contributed by atoms with Crippen molar-refractivity contribution in [3.63, 3.8) is 0 Å². The normalized spacial score (nSPS) is 14.0. The monoisotopic (exact) mass is 268 g/mol. The van der Waals surface area contributed by atoms with Gasteiger partial charge in [0.2, 0.25) is 5.91 Å². The molecule has 0 unspecified atom stereocenters. The van der Waals surface area contributed by atoms with Gasteiger partial charge in [0.25, 0.3) is 0 Å². The van der Waals surface area contributed by atoms with E-state index in [1.807, 2.05) is 38.1 Å². The minimum absolute atomic E-state index is 0.0710. The van der Waals surface area contributed by atoms with Crippen LogP contribution in [0.2, 0.25) is 5.02 Å². The first-order chi connectivity index (χ1) is 8.54. The third-order valence-electron chi connectivity index (χ3n) is 3.19. The van der Waals surface area contributed by atoms with Crippen molar-refractivity contribution in [1.29, 1.82) is 0 Å². The highest BCUT2D eigenvalue weighted by atomic mass is 35.5. The zero-order valence-electron chi connectivity index (χ0n) is 10.9. The van der Waals surface area contributed by atoms with Crippen molar-refractivity contribution >= 4 is 17.5 Å². The van der Waals surface area contributed by atoms with Crippen LogP contribution in [-0.2, 0) is 11.2 Å². The molecule has 3 N–H and O–H groups in total. The van der Waals surface area contributed by atoms with E-state index in [0.29, 0.717) is 6.54 Å². The van der Waals surface area contributed by atoms with Crippen molar-refractivity contribution in [3.8, 4) is 0 Å². The Morgan fingerprint density at radius 3 is 2.56 bits per heavy atom. The molecule has 1 rings (SSSR count). The second-order valence-electron chi connectivity index (χ2n) is 4.58. The topological polar surface area (TPSA) is 55.1 Å². The van der Waals surface area contributed by atoms with Gasteiger partial charge in [-0.25, -0.2) is 0 Å². The third kappa shape index (κ3) is 4.67. The van der Waals surface area contributed by atoms with Crippen LogP contribution in [-0.4, -0.2) is 18.5 Å². The lowest BCUT2D eigenvalue weighted by Gasteiger charge is -2.17. The van der Waals surface area contributed by atoms with Gasteiger partial charge in [0, 0.05) is 11.6 Å². The Bertz CT molecular complexity index is 378. The average Bonchev–Trinajstić information content (AvgIpc) is 2.39. The number of benzene rings is 1. The first-order valence-electron chi connectivity index (χ1n) is 6.32. The average molecular weight is 269 g/mol. The van der Waals surface area contributed by atoms with Gasteiger partial charge in [0.1, 0.15) is 0 Å². The SMILES string of the molecule is CC[C@H](C)[C@H](N)C(=O)NCCc1ccc(Cl)cc1. The van der Waals surface area contributed by atoms with Crippen LogP contribution in [0.4, 0.5) is 0 Å². The lowest BCUT2D eigenvalue weighted by atomic mass is 9.99. The second kappa shape index (κ2) is 7.39. The summed E-state index contributed by atoms with van der Waals surface area (Å²) in [6, 6.07) is 7.21. The molecule has 0 aromatic heterocycles. The number of carbonyl (C=O) groups is 1. The van der Waals surface area contributed by atoms with E-state index in [2.05, 4.69) is 5.32 Å². The molecule has 0 aliphatic heterocycles. The molecule has 0 spiro atoms. The molecule has 2 atom stereocenters. The van der Waals surface area contributed by atoms with Crippen molar-refractivity contribution < 1.29 is 4.79 Å². The number of nitrogens with one attached hydrogen (secondary N) is 1. The van der Waals surface area contributed by atoms with Crippen LogP contribution in [0.3, 0.4) is 0 Å². The van der Waals surface area contributed by atoms with Crippen LogP contribution in [0, 0.1) is 5.92 Å². The summed E-state index contributed by atoms with van der Waals surface area (Å²) in [5.74, 6) is 0.138. The molecule has 0 saturated carbocycles. The van der Waals surface area contributed by atoms with E-state index in [1.54, 1.807) is 0 Å². The Morgan fingerprint density at radius 2 is 2.00 bits per heavy atom. The number of rotatable bonds is 6. The maximum absolute atomic E-state index is 11.7. The summed E-state index contributed by atoms with van der Waals surface area (Å²) >= 11 is 5.80. The lowest BCUT2D eigenvalue weighted by molar-refractivity contribution is -0.123. The van der Waals surface area contributed by atoms with E-state index in [-0.39, 0.29) is 11.8 Å². The molecule has 0 radical (unpaired) electrons. The van der Waals surface area contributed by atoms with E-state index in [0.717, 1.165) is 23.4 Å². The summed E-state index contributed by atoms with van der Waals surface area (Å²) in [5, 5.41) is 3.59. The highest BCUT2D eigenvalue weighted by Gasteiger charge is 2.18.